The first-order valence-electron chi connectivity index (χ1n) is 9.78. The molecule has 2 aliphatic rings. The summed E-state index contributed by atoms with van der Waals surface area (Å²) in [5.74, 6) is 0.103. The van der Waals surface area contributed by atoms with Crippen molar-refractivity contribution in [2.75, 3.05) is 32.7 Å². The van der Waals surface area contributed by atoms with Gasteiger partial charge in [0.2, 0.25) is 5.91 Å². The van der Waals surface area contributed by atoms with Gasteiger partial charge in [0.15, 0.2) is 0 Å². The Labute approximate surface area is 159 Å². The fourth-order valence-electron chi connectivity index (χ4n) is 4.19. The van der Waals surface area contributed by atoms with Crippen LogP contribution in [0, 0.1) is 5.82 Å². The lowest BCUT2D eigenvalue weighted by molar-refractivity contribution is -0.131. The van der Waals surface area contributed by atoms with Crippen molar-refractivity contribution in [3.63, 3.8) is 0 Å². The Hall–Kier alpha value is -2.34. The molecule has 2 saturated heterocycles. The van der Waals surface area contributed by atoms with Crippen molar-refractivity contribution in [3.8, 4) is 11.3 Å². The first-order valence-corrected chi connectivity index (χ1v) is 9.78. The van der Waals surface area contributed by atoms with E-state index in [9.17, 15) is 9.18 Å². The first kappa shape index (κ1) is 18.0. The molecule has 27 heavy (non-hydrogen) atoms. The summed E-state index contributed by atoms with van der Waals surface area (Å²) in [6.45, 7) is 3.92. The lowest BCUT2D eigenvalue weighted by Crippen LogP contribution is -2.43. The summed E-state index contributed by atoms with van der Waals surface area (Å²) < 4.78 is 14.3. The number of amides is 1. The highest BCUT2D eigenvalue weighted by Gasteiger charge is 2.28. The Morgan fingerprint density at radius 2 is 1.85 bits per heavy atom. The molecule has 2 fully saturated rings. The van der Waals surface area contributed by atoms with Crippen molar-refractivity contribution >= 4 is 5.91 Å². The van der Waals surface area contributed by atoms with E-state index in [4.69, 9.17) is 0 Å². The second-order valence-corrected chi connectivity index (χ2v) is 7.43. The van der Waals surface area contributed by atoms with E-state index >= 15 is 0 Å². The molecule has 1 aromatic heterocycles. The van der Waals surface area contributed by atoms with Crippen LogP contribution in [0.25, 0.3) is 11.3 Å². The van der Waals surface area contributed by atoms with Gasteiger partial charge in [-0.1, -0.05) is 12.1 Å². The van der Waals surface area contributed by atoms with Crippen molar-refractivity contribution < 1.29 is 9.18 Å². The summed E-state index contributed by atoms with van der Waals surface area (Å²) >= 11 is 0. The van der Waals surface area contributed by atoms with Gasteiger partial charge in [-0.25, -0.2) is 4.39 Å². The molecule has 6 heteroatoms. The van der Waals surface area contributed by atoms with E-state index in [2.05, 4.69) is 14.9 Å². The Morgan fingerprint density at radius 1 is 1.07 bits per heavy atom. The van der Waals surface area contributed by atoms with Gasteiger partial charge in [-0.2, -0.15) is 0 Å². The highest BCUT2D eigenvalue weighted by atomic mass is 19.1. The van der Waals surface area contributed by atoms with Crippen LogP contribution in [0.15, 0.2) is 36.7 Å². The topological polar surface area (TPSA) is 49.3 Å². The maximum Gasteiger partial charge on any atom is 0.236 e. The summed E-state index contributed by atoms with van der Waals surface area (Å²) in [6.07, 6.45) is 7.50. The number of rotatable bonds is 4. The summed E-state index contributed by atoms with van der Waals surface area (Å²) in [4.78, 5) is 25.7. The molecule has 5 nitrogen and oxygen atoms in total. The number of likely N-dealkylation sites (tertiary alicyclic amines) is 2. The molecular weight excluding hydrogens is 343 g/mol. The second-order valence-electron chi connectivity index (χ2n) is 7.43. The molecule has 3 heterocycles. The molecule has 142 valence electrons. The van der Waals surface area contributed by atoms with E-state index in [1.165, 1.54) is 6.07 Å². The van der Waals surface area contributed by atoms with Gasteiger partial charge in [-0.15, -0.1) is 0 Å². The van der Waals surface area contributed by atoms with E-state index < -0.39 is 0 Å². The number of carbonyl (C=O) groups is 1. The SMILES string of the molecule is O=C(CN1CCC[C@H](c2nccnc2-c2ccccc2F)C1)N1CCCC1. The summed E-state index contributed by atoms with van der Waals surface area (Å²) in [5.41, 5.74) is 1.94. The average Bonchev–Trinajstić information content (AvgIpc) is 3.24. The minimum atomic E-state index is -0.281. The number of hydrogen-bond acceptors (Lipinski definition) is 4. The van der Waals surface area contributed by atoms with Gasteiger partial charge in [0.05, 0.1) is 17.9 Å². The Balaban J connectivity index is 1.52. The quantitative estimate of drug-likeness (QED) is 0.832. The van der Waals surface area contributed by atoms with Crippen LogP contribution < -0.4 is 0 Å². The standard InChI is InChI=1S/C21H25FN4O/c22-18-8-2-1-7-17(18)21-20(23-9-10-24-21)16-6-5-11-25(14-16)15-19(27)26-12-3-4-13-26/h1-2,7-10,16H,3-6,11-15H2/t16-/m0/s1. The molecule has 0 unspecified atom stereocenters. The molecule has 0 radical (unpaired) electrons. The Morgan fingerprint density at radius 3 is 2.67 bits per heavy atom. The fraction of sp³-hybridized carbons (Fsp3) is 0.476. The Bertz CT molecular complexity index is 806. The van der Waals surface area contributed by atoms with Crippen molar-refractivity contribution in [2.45, 2.75) is 31.6 Å². The van der Waals surface area contributed by atoms with Gasteiger partial charge in [0.1, 0.15) is 5.82 Å². The van der Waals surface area contributed by atoms with Crippen LogP contribution in [0.1, 0.15) is 37.3 Å². The Kier molecular flexibility index (Phi) is 5.43. The second kappa shape index (κ2) is 8.13. The van der Waals surface area contributed by atoms with E-state index in [1.54, 1.807) is 24.5 Å². The van der Waals surface area contributed by atoms with Gasteiger partial charge in [0.25, 0.3) is 0 Å². The normalized spacial score (nSPS) is 20.8. The zero-order chi connectivity index (χ0) is 18.6. The molecule has 1 amide bonds. The van der Waals surface area contributed by atoms with E-state index in [0.717, 1.165) is 57.6 Å². The van der Waals surface area contributed by atoms with Crippen molar-refractivity contribution in [1.82, 2.24) is 19.8 Å². The third-order valence-electron chi connectivity index (χ3n) is 5.57. The van der Waals surface area contributed by atoms with Crippen LogP contribution in [0.2, 0.25) is 0 Å². The van der Waals surface area contributed by atoms with Gasteiger partial charge in [-0.05, 0) is 44.4 Å². The summed E-state index contributed by atoms with van der Waals surface area (Å²) in [6, 6.07) is 6.70. The van der Waals surface area contributed by atoms with Crippen molar-refractivity contribution in [1.29, 1.82) is 0 Å². The number of halogens is 1. The number of nitrogens with zero attached hydrogens (tertiary/aromatic N) is 4. The van der Waals surface area contributed by atoms with Gasteiger partial charge >= 0.3 is 0 Å². The van der Waals surface area contributed by atoms with Crippen LogP contribution in [0.3, 0.4) is 0 Å². The maximum atomic E-state index is 14.3. The number of piperidine rings is 1. The van der Waals surface area contributed by atoms with Crippen molar-refractivity contribution in [2.24, 2.45) is 0 Å². The molecule has 0 spiro atoms. The highest BCUT2D eigenvalue weighted by Crippen LogP contribution is 2.32. The average molecular weight is 368 g/mol. The molecule has 1 aromatic carbocycles. The fourth-order valence-corrected chi connectivity index (χ4v) is 4.19. The predicted octanol–water partition coefficient (Wildman–Crippen LogP) is 3.08. The number of benzene rings is 1. The van der Waals surface area contributed by atoms with E-state index in [1.807, 2.05) is 11.0 Å². The molecule has 0 saturated carbocycles. The molecule has 2 aliphatic heterocycles. The lowest BCUT2D eigenvalue weighted by Gasteiger charge is -2.33. The minimum Gasteiger partial charge on any atom is -0.342 e. The summed E-state index contributed by atoms with van der Waals surface area (Å²) in [5, 5.41) is 0. The molecule has 4 rings (SSSR count). The van der Waals surface area contributed by atoms with E-state index in [0.29, 0.717) is 17.8 Å². The lowest BCUT2D eigenvalue weighted by atomic mass is 9.91. The van der Waals surface area contributed by atoms with Crippen molar-refractivity contribution in [3.05, 3.63) is 48.2 Å². The molecule has 0 aliphatic carbocycles. The zero-order valence-electron chi connectivity index (χ0n) is 15.5. The van der Waals surface area contributed by atoms with Crippen LogP contribution in [-0.4, -0.2) is 58.4 Å². The van der Waals surface area contributed by atoms with Gasteiger partial charge in [0, 0.05) is 43.5 Å². The molecule has 0 N–H and O–H groups in total. The number of carbonyl (C=O) groups excluding carboxylic acids is 1. The maximum absolute atomic E-state index is 14.3. The number of aromatic nitrogens is 2. The zero-order valence-corrected chi connectivity index (χ0v) is 15.5. The molecule has 1 atom stereocenters. The predicted molar refractivity (Wildman–Crippen MR) is 102 cm³/mol. The molecular formula is C21H25FN4O. The van der Waals surface area contributed by atoms with Gasteiger partial charge < -0.3 is 4.90 Å². The molecule has 2 aromatic rings. The highest BCUT2D eigenvalue weighted by molar-refractivity contribution is 5.78. The van der Waals surface area contributed by atoms with Crippen LogP contribution in [0.4, 0.5) is 4.39 Å². The molecule has 0 bridgehead atoms. The smallest absolute Gasteiger partial charge is 0.236 e. The van der Waals surface area contributed by atoms with E-state index in [-0.39, 0.29) is 17.6 Å². The first-order chi connectivity index (χ1) is 13.2. The number of hydrogen-bond donors (Lipinski definition) is 0. The third-order valence-corrected chi connectivity index (χ3v) is 5.57. The monoisotopic (exact) mass is 368 g/mol. The van der Waals surface area contributed by atoms with Crippen LogP contribution >= 0.6 is 0 Å². The van der Waals surface area contributed by atoms with Gasteiger partial charge in [-0.3, -0.25) is 19.7 Å². The summed E-state index contributed by atoms with van der Waals surface area (Å²) in [7, 11) is 0. The van der Waals surface area contributed by atoms with Crippen LogP contribution in [0.5, 0.6) is 0 Å². The van der Waals surface area contributed by atoms with Crippen LogP contribution in [-0.2, 0) is 4.79 Å². The minimum absolute atomic E-state index is 0.161. The largest absolute Gasteiger partial charge is 0.342 e. The third kappa shape index (κ3) is 4.00.